The highest BCUT2D eigenvalue weighted by molar-refractivity contribution is 9.10. The fourth-order valence-electron chi connectivity index (χ4n) is 3.99. The maximum Gasteiger partial charge on any atom is 0.261 e. The number of rotatable bonds is 5. The van der Waals surface area contributed by atoms with E-state index in [1.54, 1.807) is 23.1 Å². The van der Waals surface area contributed by atoms with E-state index >= 15 is 0 Å². The van der Waals surface area contributed by atoms with Gasteiger partial charge in [-0.2, -0.15) is 0 Å². The molecular formula is C23H23BrClN3O3. The van der Waals surface area contributed by atoms with Crippen LogP contribution in [-0.4, -0.2) is 44.2 Å². The van der Waals surface area contributed by atoms with E-state index in [9.17, 15) is 14.7 Å². The predicted molar refractivity (Wildman–Crippen MR) is 124 cm³/mol. The lowest BCUT2D eigenvalue weighted by atomic mass is 9.91. The standard InChI is InChI=1S/C23H23BrClN3O3/c24-17-3-1-2-16(12-17)4-7-21(29)27-10-8-23(31,9-11-27)14-28-15-26-20-13-18(25)5-6-19(20)22(28)30/h1-3,5-6,12-13,15,31H,4,7-11,14H2. The lowest BCUT2D eigenvalue weighted by molar-refractivity contribution is -0.135. The minimum absolute atomic E-state index is 0.0865. The van der Waals surface area contributed by atoms with Crippen LogP contribution in [0.5, 0.6) is 0 Å². The average Bonchev–Trinajstić information content (AvgIpc) is 2.74. The molecule has 0 spiro atoms. The van der Waals surface area contributed by atoms with E-state index in [1.165, 1.54) is 10.9 Å². The molecule has 31 heavy (non-hydrogen) atoms. The molecule has 162 valence electrons. The van der Waals surface area contributed by atoms with E-state index in [-0.39, 0.29) is 18.0 Å². The first-order valence-corrected chi connectivity index (χ1v) is 11.4. The third-order valence-corrected chi connectivity index (χ3v) is 6.54. The summed E-state index contributed by atoms with van der Waals surface area (Å²) >= 11 is 9.42. The fourth-order valence-corrected chi connectivity index (χ4v) is 4.61. The van der Waals surface area contributed by atoms with E-state index < -0.39 is 5.60 Å². The molecule has 3 aromatic rings. The van der Waals surface area contributed by atoms with Crippen molar-refractivity contribution in [3.05, 3.63) is 74.2 Å². The van der Waals surface area contributed by atoms with Crippen molar-refractivity contribution in [3.63, 3.8) is 0 Å². The first-order chi connectivity index (χ1) is 14.8. The van der Waals surface area contributed by atoms with Crippen molar-refractivity contribution in [2.75, 3.05) is 13.1 Å². The van der Waals surface area contributed by atoms with Gasteiger partial charge in [0.2, 0.25) is 5.91 Å². The Bertz CT molecular complexity index is 1170. The zero-order chi connectivity index (χ0) is 22.0. The summed E-state index contributed by atoms with van der Waals surface area (Å²) < 4.78 is 2.45. The smallest absolute Gasteiger partial charge is 0.261 e. The van der Waals surface area contributed by atoms with Crippen molar-refractivity contribution in [2.24, 2.45) is 0 Å². The monoisotopic (exact) mass is 503 g/mol. The Kier molecular flexibility index (Phi) is 6.46. The molecule has 0 atom stereocenters. The molecule has 2 heterocycles. The molecule has 1 saturated heterocycles. The highest BCUT2D eigenvalue weighted by Gasteiger charge is 2.34. The van der Waals surface area contributed by atoms with Crippen molar-refractivity contribution in [2.45, 2.75) is 37.8 Å². The topological polar surface area (TPSA) is 75.4 Å². The van der Waals surface area contributed by atoms with Crippen molar-refractivity contribution < 1.29 is 9.90 Å². The van der Waals surface area contributed by atoms with E-state index in [0.717, 1.165) is 10.0 Å². The number of nitrogens with zero attached hydrogens (tertiary/aromatic N) is 3. The van der Waals surface area contributed by atoms with Gasteiger partial charge in [0.05, 0.1) is 29.4 Å². The number of amides is 1. The van der Waals surface area contributed by atoms with Gasteiger partial charge < -0.3 is 10.0 Å². The quantitative estimate of drug-likeness (QED) is 0.573. The normalized spacial score (nSPS) is 15.9. The predicted octanol–water partition coefficient (Wildman–Crippen LogP) is 3.80. The van der Waals surface area contributed by atoms with Gasteiger partial charge in [-0.1, -0.05) is 39.7 Å². The zero-order valence-electron chi connectivity index (χ0n) is 16.9. The molecule has 0 radical (unpaired) electrons. The van der Waals surface area contributed by atoms with Crippen molar-refractivity contribution in [3.8, 4) is 0 Å². The van der Waals surface area contributed by atoms with E-state index in [4.69, 9.17) is 11.6 Å². The third-order valence-electron chi connectivity index (χ3n) is 5.82. The Morgan fingerprint density at radius 1 is 1.19 bits per heavy atom. The molecule has 1 aliphatic rings. The molecule has 0 aliphatic carbocycles. The van der Waals surface area contributed by atoms with Crippen LogP contribution in [-0.2, 0) is 17.8 Å². The SMILES string of the molecule is O=C(CCc1cccc(Br)c1)N1CCC(O)(Cn2cnc3cc(Cl)ccc3c2=O)CC1. The summed E-state index contributed by atoms with van der Waals surface area (Å²) in [5.74, 6) is 0.0865. The van der Waals surface area contributed by atoms with Gasteiger partial charge in [0.25, 0.3) is 5.56 Å². The van der Waals surface area contributed by atoms with Crippen LogP contribution in [0.3, 0.4) is 0 Å². The van der Waals surface area contributed by atoms with Crippen LogP contribution in [0.4, 0.5) is 0 Å². The molecule has 1 aromatic heterocycles. The number of fused-ring (bicyclic) bond motifs is 1. The number of carbonyl (C=O) groups excluding carboxylic acids is 1. The summed E-state index contributed by atoms with van der Waals surface area (Å²) in [5.41, 5.74) is 0.391. The number of halogens is 2. The summed E-state index contributed by atoms with van der Waals surface area (Å²) in [6.45, 7) is 1.09. The average molecular weight is 505 g/mol. The molecule has 0 saturated carbocycles. The molecule has 1 amide bonds. The minimum atomic E-state index is -1.05. The Morgan fingerprint density at radius 3 is 2.71 bits per heavy atom. The molecule has 1 aliphatic heterocycles. The summed E-state index contributed by atoms with van der Waals surface area (Å²) in [6, 6.07) is 12.9. The molecule has 4 rings (SSSR count). The summed E-state index contributed by atoms with van der Waals surface area (Å²) in [6.07, 6.45) is 3.41. The Hall–Kier alpha value is -2.22. The van der Waals surface area contributed by atoms with Gasteiger partial charge in [-0.3, -0.25) is 14.2 Å². The first-order valence-electron chi connectivity index (χ1n) is 10.2. The third kappa shape index (κ3) is 5.17. The summed E-state index contributed by atoms with van der Waals surface area (Å²) in [4.78, 5) is 31.5. The highest BCUT2D eigenvalue weighted by atomic mass is 79.9. The van der Waals surface area contributed by atoms with Crippen LogP contribution >= 0.6 is 27.5 Å². The van der Waals surface area contributed by atoms with Crippen LogP contribution in [0.25, 0.3) is 10.9 Å². The largest absolute Gasteiger partial charge is 0.388 e. The number of likely N-dealkylation sites (tertiary alicyclic amines) is 1. The van der Waals surface area contributed by atoms with Crippen LogP contribution in [0.2, 0.25) is 5.02 Å². The van der Waals surface area contributed by atoms with Gasteiger partial charge in [0.1, 0.15) is 0 Å². The van der Waals surface area contributed by atoms with E-state index in [0.29, 0.717) is 54.7 Å². The Morgan fingerprint density at radius 2 is 1.97 bits per heavy atom. The number of hydrogen-bond donors (Lipinski definition) is 1. The minimum Gasteiger partial charge on any atom is -0.388 e. The van der Waals surface area contributed by atoms with Crippen molar-refractivity contribution >= 4 is 44.3 Å². The highest BCUT2D eigenvalue weighted by Crippen LogP contribution is 2.25. The summed E-state index contributed by atoms with van der Waals surface area (Å²) in [7, 11) is 0. The molecule has 0 unspecified atom stereocenters. The molecule has 1 fully saturated rings. The van der Waals surface area contributed by atoms with Gasteiger partial charge in [0, 0.05) is 29.0 Å². The second kappa shape index (κ2) is 9.10. The van der Waals surface area contributed by atoms with Crippen molar-refractivity contribution in [1.29, 1.82) is 0 Å². The van der Waals surface area contributed by atoms with Crippen molar-refractivity contribution in [1.82, 2.24) is 14.5 Å². The zero-order valence-corrected chi connectivity index (χ0v) is 19.3. The molecule has 8 heteroatoms. The van der Waals surface area contributed by atoms with Gasteiger partial charge in [0.15, 0.2) is 0 Å². The fraction of sp³-hybridized carbons (Fsp3) is 0.348. The first kappa shape index (κ1) is 22.0. The molecule has 1 N–H and O–H groups in total. The number of aromatic nitrogens is 2. The Balaban J connectivity index is 1.37. The number of piperidine rings is 1. The number of carbonyl (C=O) groups is 1. The number of aryl methyl sites for hydroxylation is 1. The molecular weight excluding hydrogens is 482 g/mol. The van der Waals surface area contributed by atoms with Crippen LogP contribution in [0.15, 0.2) is 58.1 Å². The molecule has 2 aromatic carbocycles. The van der Waals surface area contributed by atoms with Crippen LogP contribution < -0.4 is 5.56 Å². The maximum absolute atomic E-state index is 12.8. The number of aliphatic hydroxyl groups is 1. The second-order valence-corrected chi connectivity index (χ2v) is 9.43. The van der Waals surface area contributed by atoms with Gasteiger partial charge in [-0.15, -0.1) is 0 Å². The van der Waals surface area contributed by atoms with E-state index in [2.05, 4.69) is 20.9 Å². The Labute approximate surface area is 193 Å². The van der Waals surface area contributed by atoms with Crippen LogP contribution in [0.1, 0.15) is 24.8 Å². The molecule has 0 bridgehead atoms. The molecule has 6 nitrogen and oxygen atoms in total. The number of benzene rings is 2. The lowest BCUT2D eigenvalue weighted by Gasteiger charge is -2.38. The van der Waals surface area contributed by atoms with Gasteiger partial charge >= 0.3 is 0 Å². The van der Waals surface area contributed by atoms with Gasteiger partial charge in [-0.05, 0) is 55.2 Å². The van der Waals surface area contributed by atoms with Gasteiger partial charge in [-0.25, -0.2) is 4.98 Å². The van der Waals surface area contributed by atoms with E-state index in [1.807, 2.05) is 24.3 Å². The summed E-state index contributed by atoms with van der Waals surface area (Å²) in [5, 5.41) is 12.0. The maximum atomic E-state index is 12.8. The second-order valence-electron chi connectivity index (χ2n) is 8.07. The van der Waals surface area contributed by atoms with Crippen LogP contribution in [0, 0.1) is 0 Å². The lowest BCUT2D eigenvalue weighted by Crippen LogP contribution is -2.49. The number of hydrogen-bond acceptors (Lipinski definition) is 4.